The number of allylic oxidation sites excluding steroid dienone is 2. The maximum atomic E-state index is 8.38. The molecule has 70 valence electrons. The van der Waals surface area contributed by atoms with Crippen molar-refractivity contribution in [3.63, 3.8) is 0 Å². The Morgan fingerprint density at radius 3 is 3.00 bits per heavy atom. The topological polar surface area (TPSA) is 48.8 Å². The molecule has 0 fully saturated rings. The van der Waals surface area contributed by atoms with Crippen LogP contribution in [-0.4, -0.2) is 6.04 Å². The molecule has 13 heavy (non-hydrogen) atoms. The largest absolute Gasteiger partial charge is 0.103 e. The van der Waals surface area contributed by atoms with E-state index in [0.29, 0.717) is 11.8 Å². The van der Waals surface area contributed by atoms with E-state index in [2.05, 4.69) is 36.5 Å². The van der Waals surface area contributed by atoms with Crippen molar-refractivity contribution in [3.05, 3.63) is 34.7 Å². The number of nitrogens with zero attached hydrogens (tertiary/aromatic N) is 3. The Balaban J connectivity index is 2.89. The molecule has 3 nitrogen and oxygen atoms in total. The van der Waals surface area contributed by atoms with Crippen molar-refractivity contribution in [2.75, 3.05) is 0 Å². The second kappa shape index (κ2) is 4.15. The molecule has 1 rings (SSSR count). The molecule has 0 amide bonds. The number of hydrogen-bond acceptors (Lipinski definition) is 1. The molecule has 1 aliphatic rings. The summed E-state index contributed by atoms with van der Waals surface area (Å²) in [6.07, 6.45) is 5.06. The zero-order valence-corrected chi connectivity index (χ0v) is 8.14. The highest BCUT2D eigenvalue weighted by atomic mass is 15.1. The van der Waals surface area contributed by atoms with Crippen molar-refractivity contribution in [1.82, 2.24) is 0 Å². The van der Waals surface area contributed by atoms with E-state index >= 15 is 0 Å². The molecule has 0 aromatic carbocycles. The van der Waals surface area contributed by atoms with Crippen LogP contribution >= 0.6 is 0 Å². The van der Waals surface area contributed by atoms with Crippen molar-refractivity contribution >= 4 is 0 Å². The molecule has 0 bridgehead atoms. The first-order valence-corrected chi connectivity index (χ1v) is 4.53. The summed E-state index contributed by atoms with van der Waals surface area (Å²) < 4.78 is 0. The molecule has 0 aliphatic heterocycles. The minimum Gasteiger partial charge on any atom is -0.103 e. The van der Waals surface area contributed by atoms with Gasteiger partial charge in [-0.2, -0.15) is 0 Å². The highest BCUT2D eigenvalue weighted by molar-refractivity contribution is 5.14. The van der Waals surface area contributed by atoms with Crippen LogP contribution in [0.3, 0.4) is 0 Å². The van der Waals surface area contributed by atoms with Gasteiger partial charge in [0.15, 0.2) is 0 Å². The average molecular weight is 177 g/mol. The van der Waals surface area contributed by atoms with E-state index in [-0.39, 0.29) is 6.04 Å². The lowest BCUT2D eigenvalue weighted by Crippen LogP contribution is -2.25. The summed E-state index contributed by atoms with van der Waals surface area (Å²) in [6, 6.07) is 0.00162. The van der Waals surface area contributed by atoms with Gasteiger partial charge in [-0.05, 0) is 30.7 Å². The van der Waals surface area contributed by atoms with Crippen LogP contribution in [0, 0.1) is 11.8 Å². The van der Waals surface area contributed by atoms with Gasteiger partial charge in [0.1, 0.15) is 0 Å². The molecule has 3 heteroatoms. The second-order valence-electron chi connectivity index (χ2n) is 3.67. The number of rotatable bonds is 2. The molecular formula is C10H15N3. The van der Waals surface area contributed by atoms with Gasteiger partial charge in [0.25, 0.3) is 0 Å². The van der Waals surface area contributed by atoms with Crippen molar-refractivity contribution < 1.29 is 0 Å². The van der Waals surface area contributed by atoms with Crippen LogP contribution in [0.25, 0.3) is 10.4 Å². The Bertz CT molecular complexity index is 274. The molecule has 1 aliphatic carbocycles. The third kappa shape index (κ3) is 2.13. The molecule has 0 heterocycles. The van der Waals surface area contributed by atoms with E-state index in [0.717, 1.165) is 6.42 Å². The Kier molecular flexibility index (Phi) is 3.15. The third-order valence-corrected chi connectivity index (χ3v) is 2.71. The summed E-state index contributed by atoms with van der Waals surface area (Å²) in [5, 5.41) is 3.77. The van der Waals surface area contributed by atoms with Crippen molar-refractivity contribution in [1.29, 1.82) is 0 Å². The standard InChI is InChI=1S/C10H15N3/c1-4-9-5-7(2)6-10(8(9)3)12-13-11/h4,6,8-10H,1,5H2,2-3H3/t8-,9+,10-/m0/s1. The Labute approximate surface area is 78.8 Å². The molecule has 0 spiro atoms. The first-order chi connectivity index (χ1) is 6.19. The van der Waals surface area contributed by atoms with Gasteiger partial charge in [-0.25, -0.2) is 0 Å². The molecule has 0 saturated heterocycles. The van der Waals surface area contributed by atoms with Crippen LogP contribution < -0.4 is 0 Å². The lowest BCUT2D eigenvalue weighted by molar-refractivity contribution is 0.368. The van der Waals surface area contributed by atoms with Crippen LogP contribution in [0.2, 0.25) is 0 Å². The maximum absolute atomic E-state index is 8.38. The molecule has 0 radical (unpaired) electrons. The zero-order chi connectivity index (χ0) is 9.84. The maximum Gasteiger partial charge on any atom is 0.0588 e. The summed E-state index contributed by atoms with van der Waals surface area (Å²) in [6.45, 7) is 7.98. The van der Waals surface area contributed by atoms with E-state index in [9.17, 15) is 0 Å². The molecule has 0 unspecified atom stereocenters. The van der Waals surface area contributed by atoms with Crippen molar-refractivity contribution in [2.45, 2.75) is 26.3 Å². The van der Waals surface area contributed by atoms with Crippen LogP contribution in [0.1, 0.15) is 20.3 Å². The molecular weight excluding hydrogens is 162 g/mol. The van der Waals surface area contributed by atoms with Crippen LogP contribution in [0.5, 0.6) is 0 Å². The summed E-state index contributed by atoms with van der Waals surface area (Å²) in [4.78, 5) is 2.86. The van der Waals surface area contributed by atoms with Gasteiger partial charge >= 0.3 is 0 Å². The molecule has 0 aromatic rings. The minimum atomic E-state index is 0.00162. The Morgan fingerprint density at radius 1 is 1.77 bits per heavy atom. The van der Waals surface area contributed by atoms with E-state index in [4.69, 9.17) is 5.53 Å². The summed E-state index contributed by atoms with van der Waals surface area (Å²) >= 11 is 0. The fourth-order valence-electron chi connectivity index (χ4n) is 1.82. The predicted octanol–water partition coefficient (Wildman–Crippen LogP) is 3.45. The fourth-order valence-corrected chi connectivity index (χ4v) is 1.82. The SMILES string of the molecule is C=C[C@@H]1CC(C)=C[C@H](N=[N+]=[N-])[C@H]1C. The highest BCUT2D eigenvalue weighted by Gasteiger charge is 2.25. The van der Waals surface area contributed by atoms with Gasteiger partial charge in [0.2, 0.25) is 0 Å². The van der Waals surface area contributed by atoms with Crippen LogP contribution in [-0.2, 0) is 0 Å². The minimum absolute atomic E-state index is 0.00162. The second-order valence-corrected chi connectivity index (χ2v) is 3.67. The van der Waals surface area contributed by atoms with E-state index in [1.165, 1.54) is 5.57 Å². The quantitative estimate of drug-likeness (QED) is 0.268. The highest BCUT2D eigenvalue weighted by Crippen LogP contribution is 2.31. The van der Waals surface area contributed by atoms with Gasteiger partial charge in [-0.3, -0.25) is 0 Å². The van der Waals surface area contributed by atoms with Crippen LogP contribution in [0.4, 0.5) is 0 Å². The van der Waals surface area contributed by atoms with Gasteiger partial charge in [-0.15, -0.1) is 6.58 Å². The van der Waals surface area contributed by atoms with E-state index in [1.807, 2.05) is 6.08 Å². The lowest BCUT2D eigenvalue weighted by Gasteiger charge is -2.29. The molecule has 0 N–H and O–H groups in total. The van der Waals surface area contributed by atoms with E-state index < -0.39 is 0 Å². The lowest BCUT2D eigenvalue weighted by atomic mass is 9.78. The molecule has 0 aromatic heterocycles. The Hall–Kier alpha value is -1.21. The smallest absolute Gasteiger partial charge is 0.0588 e. The Morgan fingerprint density at radius 2 is 2.46 bits per heavy atom. The number of hydrogen-bond donors (Lipinski definition) is 0. The summed E-state index contributed by atoms with van der Waals surface area (Å²) in [7, 11) is 0. The van der Waals surface area contributed by atoms with Crippen molar-refractivity contribution in [2.24, 2.45) is 17.0 Å². The van der Waals surface area contributed by atoms with Gasteiger partial charge in [-0.1, -0.05) is 29.8 Å². The van der Waals surface area contributed by atoms with Gasteiger partial charge in [0.05, 0.1) is 6.04 Å². The first kappa shape index (κ1) is 9.87. The molecule has 3 atom stereocenters. The van der Waals surface area contributed by atoms with Gasteiger partial charge < -0.3 is 0 Å². The number of azide groups is 1. The fraction of sp³-hybridized carbons (Fsp3) is 0.600. The molecule has 0 saturated carbocycles. The van der Waals surface area contributed by atoms with Crippen molar-refractivity contribution in [3.8, 4) is 0 Å². The third-order valence-electron chi connectivity index (χ3n) is 2.71. The zero-order valence-electron chi connectivity index (χ0n) is 8.14. The average Bonchev–Trinajstić information content (AvgIpc) is 2.11. The predicted molar refractivity (Wildman–Crippen MR) is 54.2 cm³/mol. The summed E-state index contributed by atoms with van der Waals surface area (Å²) in [5.74, 6) is 0.817. The normalized spacial score (nSPS) is 33.1. The van der Waals surface area contributed by atoms with Gasteiger partial charge in [0, 0.05) is 4.91 Å². The van der Waals surface area contributed by atoms with E-state index in [1.54, 1.807) is 0 Å². The summed E-state index contributed by atoms with van der Waals surface area (Å²) in [5.41, 5.74) is 9.68. The van der Waals surface area contributed by atoms with Crippen LogP contribution in [0.15, 0.2) is 29.4 Å². The monoisotopic (exact) mass is 177 g/mol. The first-order valence-electron chi connectivity index (χ1n) is 4.53.